The number of hydrogen-bond donors (Lipinski definition) is 2. The molecule has 1 amide bonds. The molecule has 1 aromatic rings. The minimum atomic E-state index is -0.542. The zero-order chi connectivity index (χ0) is 15.2. The van der Waals surface area contributed by atoms with Gasteiger partial charge in [0.2, 0.25) is 0 Å². The zero-order valence-electron chi connectivity index (χ0n) is 12.7. The Labute approximate surface area is 125 Å². The number of carbonyl (C=O) groups is 1. The van der Waals surface area contributed by atoms with Crippen molar-refractivity contribution in [3.8, 4) is 5.75 Å². The van der Waals surface area contributed by atoms with Crippen LogP contribution in [0.5, 0.6) is 5.75 Å². The van der Waals surface area contributed by atoms with Crippen molar-refractivity contribution in [2.45, 2.75) is 38.3 Å². The Morgan fingerprint density at radius 1 is 1.52 bits per heavy atom. The summed E-state index contributed by atoms with van der Waals surface area (Å²) in [5, 5.41) is 2.76. The van der Waals surface area contributed by atoms with E-state index in [2.05, 4.69) is 11.4 Å². The lowest BCUT2D eigenvalue weighted by atomic mass is 9.88. The number of nitrogens with two attached hydrogens (primary N) is 1. The van der Waals surface area contributed by atoms with Crippen LogP contribution in [0.15, 0.2) is 18.2 Å². The van der Waals surface area contributed by atoms with Gasteiger partial charge in [-0.3, -0.25) is 4.79 Å². The molecule has 0 heterocycles. The van der Waals surface area contributed by atoms with Crippen molar-refractivity contribution in [1.29, 1.82) is 0 Å². The molecule has 0 aliphatic heterocycles. The Bertz CT molecular complexity index is 490. The molecule has 0 spiro atoms. The highest BCUT2D eigenvalue weighted by Gasteiger charge is 2.19. The van der Waals surface area contributed by atoms with Crippen LogP contribution in [0.2, 0.25) is 0 Å². The Balaban J connectivity index is 1.96. The second kappa shape index (κ2) is 7.43. The summed E-state index contributed by atoms with van der Waals surface area (Å²) in [7, 11) is 1.60. The van der Waals surface area contributed by atoms with Crippen molar-refractivity contribution >= 4 is 5.91 Å². The van der Waals surface area contributed by atoms with Crippen molar-refractivity contribution < 1.29 is 14.3 Å². The second-order valence-electron chi connectivity index (χ2n) is 5.40. The number of fused-ring (bicyclic) bond motifs is 1. The number of benzene rings is 1. The number of hydrogen-bond acceptors (Lipinski definition) is 4. The van der Waals surface area contributed by atoms with E-state index in [1.807, 2.05) is 12.1 Å². The summed E-state index contributed by atoms with van der Waals surface area (Å²) in [4.78, 5) is 11.9. The van der Waals surface area contributed by atoms with Gasteiger partial charge < -0.3 is 20.5 Å². The Morgan fingerprint density at radius 3 is 3.10 bits per heavy atom. The first kappa shape index (κ1) is 15.8. The molecular weight excluding hydrogens is 268 g/mol. The highest BCUT2D eigenvalue weighted by molar-refractivity contribution is 5.80. The molecule has 2 atom stereocenters. The third-order valence-electron chi connectivity index (χ3n) is 3.77. The SMILES string of the molecule is COCCNC(=O)C(C)Oc1ccc2c(c1)[C@H](N)CCC2. The van der Waals surface area contributed by atoms with E-state index in [9.17, 15) is 4.79 Å². The number of nitrogens with one attached hydrogen (secondary N) is 1. The third kappa shape index (κ3) is 4.19. The highest BCUT2D eigenvalue weighted by atomic mass is 16.5. The van der Waals surface area contributed by atoms with Crippen LogP contribution in [-0.4, -0.2) is 32.3 Å². The molecule has 0 radical (unpaired) electrons. The maximum Gasteiger partial charge on any atom is 0.260 e. The molecule has 0 fully saturated rings. The van der Waals surface area contributed by atoms with E-state index < -0.39 is 6.10 Å². The van der Waals surface area contributed by atoms with Gasteiger partial charge in [0.15, 0.2) is 6.10 Å². The van der Waals surface area contributed by atoms with Gasteiger partial charge in [-0.25, -0.2) is 0 Å². The zero-order valence-corrected chi connectivity index (χ0v) is 12.7. The van der Waals surface area contributed by atoms with Gasteiger partial charge in [0.25, 0.3) is 5.91 Å². The van der Waals surface area contributed by atoms with Crippen molar-refractivity contribution in [3.63, 3.8) is 0 Å². The van der Waals surface area contributed by atoms with E-state index >= 15 is 0 Å². The number of rotatable bonds is 6. The van der Waals surface area contributed by atoms with Gasteiger partial charge in [0.05, 0.1) is 6.61 Å². The minimum Gasteiger partial charge on any atom is -0.481 e. The van der Waals surface area contributed by atoms with Crippen molar-refractivity contribution in [3.05, 3.63) is 29.3 Å². The number of aryl methyl sites for hydroxylation is 1. The second-order valence-corrected chi connectivity index (χ2v) is 5.40. The van der Waals surface area contributed by atoms with Crippen LogP contribution in [0.4, 0.5) is 0 Å². The van der Waals surface area contributed by atoms with E-state index in [4.69, 9.17) is 15.2 Å². The standard InChI is InChI=1S/C16H24N2O3/c1-11(16(19)18-8-9-20-2)21-13-7-6-12-4-3-5-15(17)14(12)10-13/h6-7,10-11,15H,3-5,8-9,17H2,1-2H3,(H,18,19)/t11?,15-/m1/s1. The Morgan fingerprint density at radius 2 is 2.33 bits per heavy atom. The summed E-state index contributed by atoms with van der Waals surface area (Å²) in [6, 6.07) is 6.01. The monoisotopic (exact) mass is 292 g/mol. The lowest BCUT2D eigenvalue weighted by Crippen LogP contribution is -2.38. The molecule has 1 aliphatic rings. The Hall–Kier alpha value is -1.59. The summed E-state index contributed by atoms with van der Waals surface area (Å²) in [6.45, 7) is 2.71. The fourth-order valence-corrected chi connectivity index (χ4v) is 2.56. The molecular formula is C16H24N2O3. The van der Waals surface area contributed by atoms with Crippen LogP contribution in [0.1, 0.15) is 36.9 Å². The van der Waals surface area contributed by atoms with Crippen LogP contribution in [0, 0.1) is 0 Å². The van der Waals surface area contributed by atoms with E-state index in [0.29, 0.717) is 18.9 Å². The van der Waals surface area contributed by atoms with Crippen molar-refractivity contribution in [2.24, 2.45) is 5.73 Å². The maximum atomic E-state index is 11.9. The number of amides is 1. The van der Waals surface area contributed by atoms with Gasteiger partial charge in [-0.05, 0) is 49.4 Å². The van der Waals surface area contributed by atoms with Crippen LogP contribution >= 0.6 is 0 Å². The molecule has 5 nitrogen and oxygen atoms in total. The number of carbonyl (C=O) groups excluding carboxylic acids is 1. The molecule has 5 heteroatoms. The number of ether oxygens (including phenoxy) is 2. The summed E-state index contributed by atoms with van der Waals surface area (Å²) in [6.07, 6.45) is 2.66. The van der Waals surface area contributed by atoms with Crippen molar-refractivity contribution in [1.82, 2.24) is 5.32 Å². The van der Waals surface area contributed by atoms with Crippen LogP contribution in [-0.2, 0) is 16.0 Å². The first-order valence-corrected chi connectivity index (χ1v) is 7.43. The van der Waals surface area contributed by atoms with Gasteiger partial charge in [0, 0.05) is 19.7 Å². The molecule has 0 bridgehead atoms. The van der Waals surface area contributed by atoms with Gasteiger partial charge in [-0.15, -0.1) is 0 Å². The summed E-state index contributed by atoms with van der Waals surface area (Å²) < 4.78 is 10.6. The van der Waals surface area contributed by atoms with E-state index in [1.165, 1.54) is 5.56 Å². The molecule has 0 aromatic heterocycles. The predicted octanol–water partition coefficient (Wildman–Crippen LogP) is 1.55. The summed E-state index contributed by atoms with van der Waals surface area (Å²) in [5.74, 6) is 0.551. The lowest BCUT2D eigenvalue weighted by Gasteiger charge is -2.23. The fourth-order valence-electron chi connectivity index (χ4n) is 2.56. The predicted molar refractivity (Wildman–Crippen MR) is 81.3 cm³/mol. The molecule has 1 aromatic carbocycles. The molecule has 116 valence electrons. The smallest absolute Gasteiger partial charge is 0.260 e. The van der Waals surface area contributed by atoms with Gasteiger partial charge in [0.1, 0.15) is 5.75 Å². The first-order valence-electron chi connectivity index (χ1n) is 7.43. The van der Waals surface area contributed by atoms with E-state index in [0.717, 1.165) is 24.8 Å². The normalized spacial score (nSPS) is 18.7. The number of methoxy groups -OCH3 is 1. The van der Waals surface area contributed by atoms with Gasteiger partial charge in [-0.1, -0.05) is 6.07 Å². The quantitative estimate of drug-likeness (QED) is 0.780. The summed E-state index contributed by atoms with van der Waals surface area (Å²) in [5.41, 5.74) is 8.57. The highest BCUT2D eigenvalue weighted by Crippen LogP contribution is 2.31. The van der Waals surface area contributed by atoms with Gasteiger partial charge >= 0.3 is 0 Å². The average Bonchev–Trinajstić information content (AvgIpc) is 2.48. The molecule has 21 heavy (non-hydrogen) atoms. The molecule has 1 aliphatic carbocycles. The molecule has 2 rings (SSSR count). The van der Waals surface area contributed by atoms with Crippen LogP contribution in [0.3, 0.4) is 0 Å². The van der Waals surface area contributed by atoms with Crippen molar-refractivity contribution in [2.75, 3.05) is 20.3 Å². The maximum absolute atomic E-state index is 11.9. The average molecular weight is 292 g/mol. The molecule has 1 unspecified atom stereocenters. The molecule has 3 N–H and O–H groups in total. The topological polar surface area (TPSA) is 73.6 Å². The van der Waals surface area contributed by atoms with Crippen LogP contribution in [0.25, 0.3) is 0 Å². The Kier molecular flexibility index (Phi) is 5.59. The van der Waals surface area contributed by atoms with E-state index in [-0.39, 0.29) is 11.9 Å². The van der Waals surface area contributed by atoms with Gasteiger partial charge in [-0.2, -0.15) is 0 Å². The first-order chi connectivity index (χ1) is 10.1. The summed E-state index contributed by atoms with van der Waals surface area (Å²) >= 11 is 0. The fraction of sp³-hybridized carbons (Fsp3) is 0.562. The third-order valence-corrected chi connectivity index (χ3v) is 3.77. The van der Waals surface area contributed by atoms with Crippen LogP contribution < -0.4 is 15.8 Å². The minimum absolute atomic E-state index is 0.0723. The molecule has 0 saturated heterocycles. The van der Waals surface area contributed by atoms with E-state index in [1.54, 1.807) is 14.0 Å². The lowest BCUT2D eigenvalue weighted by molar-refractivity contribution is -0.127. The molecule has 0 saturated carbocycles. The largest absolute Gasteiger partial charge is 0.481 e.